The van der Waals surface area contributed by atoms with Gasteiger partial charge in [0.1, 0.15) is 11.3 Å². The zero-order valence-electron chi connectivity index (χ0n) is 16.8. The molecule has 0 spiro atoms. The predicted octanol–water partition coefficient (Wildman–Crippen LogP) is 3.28. The van der Waals surface area contributed by atoms with Crippen molar-refractivity contribution in [2.24, 2.45) is 0 Å². The van der Waals surface area contributed by atoms with Crippen LogP contribution in [-0.4, -0.2) is 49.8 Å². The number of ether oxygens (including phenoxy) is 2. The fourth-order valence-electron chi connectivity index (χ4n) is 2.22. The number of benzene rings is 1. The lowest BCUT2D eigenvalue weighted by molar-refractivity contribution is -0.130. The van der Waals surface area contributed by atoms with Gasteiger partial charge in [-0.05, 0) is 18.2 Å². The molecule has 1 aromatic heterocycles. The van der Waals surface area contributed by atoms with E-state index >= 15 is 0 Å². The summed E-state index contributed by atoms with van der Waals surface area (Å²) in [6, 6.07) is 6.54. The molecule has 2 aromatic rings. The van der Waals surface area contributed by atoms with Gasteiger partial charge in [0.25, 0.3) is 5.91 Å². The van der Waals surface area contributed by atoms with Crippen molar-refractivity contribution in [1.29, 1.82) is 0 Å². The van der Waals surface area contributed by atoms with E-state index in [1.165, 1.54) is 12.1 Å². The van der Waals surface area contributed by atoms with Crippen LogP contribution in [0.25, 0.3) is 0 Å². The number of hydrogen-bond acceptors (Lipinski definition) is 7. The van der Waals surface area contributed by atoms with Crippen molar-refractivity contribution in [3.8, 4) is 11.6 Å². The minimum absolute atomic E-state index is 0.181. The second-order valence-electron chi connectivity index (χ2n) is 6.55. The van der Waals surface area contributed by atoms with Crippen molar-refractivity contribution >= 4 is 15.7 Å². The Morgan fingerprint density at radius 2 is 1.91 bits per heavy atom. The molecule has 1 N–H and O–H groups in total. The Kier molecular flexibility index (Phi) is 8.27. The monoisotopic (exact) mass is 477 g/mol. The van der Waals surface area contributed by atoms with Crippen molar-refractivity contribution in [3.63, 3.8) is 0 Å². The molecule has 1 atom stereocenters. The van der Waals surface area contributed by atoms with Gasteiger partial charge in [-0.1, -0.05) is 18.2 Å². The third-order valence-corrected chi connectivity index (χ3v) is 4.28. The molecule has 0 aliphatic carbocycles. The van der Waals surface area contributed by atoms with Gasteiger partial charge in [0, 0.05) is 24.8 Å². The van der Waals surface area contributed by atoms with Gasteiger partial charge in [-0.2, -0.15) is 22.5 Å². The number of sulfone groups is 1. The van der Waals surface area contributed by atoms with Crippen molar-refractivity contribution in [1.82, 2.24) is 15.3 Å². The van der Waals surface area contributed by atoms with Crippen LogP contribution >= 0.6 is 0 Å². The first-order chi connectivity index (χ1) is 14.8. The van der Waals surface area contributed by atoms with E-state index in [0.29, 0.717) is 12.3 Å². The highest BCUT2D eigenvalue weighted by Crippen LogP contribution is 2.28. The molecule has 8 nitrogen and oxygen atoms in total. The van der Waals surface area contributed by atoms with Gasteiger partial charge in [-0.15, -0.1) is 0 Å². The number of hydrogen-bond donors (Lipinski definition) is 1. The summed E-state index contributed by atoms with van der Waals surface area (Å²) in [6.45, 7) is -3.38. The Morgan fingerprint density at radius 3 is 2.47 bits per heavy atom. The Balaban J connectivity index is 2.37. The molecule has 0 saturated carbocycles. The minimum Gasteiger partial charge on any atom is -0.438 e. The molecule has 1 heterocycles. The summed E-state index contributed by atoms with van der Waals surface area (Å²) >= 11 is 0. The highest BCUT2D eigenvalue weighted by Gasteiger charge is 2.31. The van der Waals surface area contributed by atoms with E-state index in [0.717, 1.165) is 18.5 Å². The van der Waals surface area contributed by atoms with E-state index in [2.05, 4.69) is 20.0 Å². The average molecular weight is 477 g/mol. The van der Waals surface area contributed by atoms with E-state index < -0.39 is 58.2 Å². The van der Waals surface area contributed by atoms with Crippen LogP contribution in [0.1, 0.15) is 23.1 Å². The molecular weight excluding hydrogens is 458 g/mol. The average Bonchev–Trinajstić information content (AvgIpc) is 2.69. The van der Waals surface area contributed by atoms with Crippen LogP contribution < -0.4 is 10.1 Å². The lowest BCUT2D eigenvalue weighted by atomic mass is 10.2. The van der Waals surface area contributed by atoms with E-state index in [1.54, 1.807) is 18.2 Å². The van der Waals surface area contributed by atoms with E-state index in [9.17, 15) is 30.8 Å². The SMILES string of the molecule is CC(F)(F)c1ncc(C(=O)NC(/C=C/S(C)(=O)=O)COC(F)F)c(Oc2ccccc2)n1. The Bertz CT molecular complexity index is 1060. The minimum atomic E-state index is -3.64. The summed E-state index contributed by atoms with van der Waals surface area (Å²) in [5, 5.41) is 2.95. The predicted molar refractivity (Wildman–Crippen MR) is 105 cm³/mol. The highest BCUT2D eigenvalue weighted by molar-refractivity contribution is 7.93. The maximum atomic E-state index is 13.7. The number of carbonyl (C=O) groups excluding carboxylic acids is 1. The number of carbonyl (C=O) groups is 1. The number of nitrogens with one attached hydrogen (secondary N) is 1. The topological polar surface area (TPSA) is 107 Å². The molecule has 1 aromatic carbocycles. The standard InChI is InChI=1S/C19H19F4N3O5S/c1-19(22,23)17-24-10-14(16(26-17)31-13-6-4-3-5-7-13)15(27)25-12(11-30-18(20)21)8-9-32(2,28)29/h3-10,12,18H,11H2,1-2H3,(H,25,27)/b9-8+. The van der Waals surface area contributed by atoms with Gasteiger partial charge in [0.2, 0.25) is 11.7 Å². The Morgan fingerprint density at radius 1 is 1.25 bits per heavy atom. The lowest BCUT2D eigenvalue weighted by Crippen LogP contribution is -2.38. The number of alkyl halides is 4. The normalized spacial score (nSPS) is 13.3. The molecule has 0 fully saturated rings. The molecule has 0 bridgehead atoms. The fraction of sp³-hybridized carbons (Fsp3) is 0.316. The van der Waals surface area contributed by atoms with Gasteiger partial charge in [-0.25, -0.2) is 13.4 Å². The zero-order chi connectivity index (χ0) is 23.9. The van der Waals surface area contributed by atoms with Crippen LogP contribution in [0.5, 0.6) is 11.6 Å². The zero-order valence-corrected chi connectivity index (χ0v) is 17.7. The maximum Gasteiger partial charge on any atom is 0.345 e. The second kappa shape index (κ2) is 10.5. The number of para-hydroxylation sites is 1. The molecule has 13 heteroatoms. The molecule has 0 aliphatic rings. The smallest absolute Gasteiger partial charge is 0.345 e. The van der Waals surface area contributed by atoms with Gasteiger partial charge in [0.15, 0.2) is 9.84 Å². The Labute approximate surface area is 181 Å². The number of rotatable bonds is 10. The molecule has 1 amide bonds. The largest absolute Gasteiger partial charge is 0.438 e. The van der Waals surface area contributed by atoms with Crippen molar-refractivity contribution in [3.05, 3.63) is 59.4 Å². The molecule has 174 valence electrons. The number of halogens is 4. The summed E-state index contributed by atoms with van der Waals surface area (Å²) in [6.07, 6.45) is 2.58. The van der Waals surface area contributed by atoms with Crippen LogP contribution in [0.3, 0.4) is 0 Å². The van der Waals surface area contributed by atoms with Gasteiger partial charge >= 0.3 is 12.5 Å². The first-order valence-electron chi connectivity index (χ1n) is 8.92. The van der Waals surface area contributed by atoms with E-state index in [1.807, 2.05) is 0 Å². The molecule has 0 saturated heterocycles. The van der Waals surface area contributed by atoms with Crippen LogP contribution in [0.4, 0.5) is 17.6 Å². The molecular formula is C19H19F4N3O5S. The van der Waals surface area contributed by atoms with Gasteiger partial charge in [-0.3, -0.25) is 4.79 Å². The third-order valence-electron chi connectivity index (χ3n) is 3.63. The fourth-order valence-corrected chi connectivity index (χ4v) is 2.69. The molecule has 0 radical (unpaired) electrons. The number of amides is 1. The molecule has 32 heavy (non-hydrogen) atoms. The van der Waals surface area contributed by atoms with Crippen LogP contribution in [0.15, 0.2) is 48.0 Å². The summed E-state index contributed by atoms with van der Waals surface area (Å²) in [5.74, 6) is -5.67. The van der Waals surface area contributed by atoms with Gasteiger partial charge < -0.3 is 14.8 Å². The summed E-state index contributed by atoms with van der Waals surface area (Å²) in [5.41, 5.74) is -0.392. The third kappa shape index (κ3) is 8.23. The van der Waals surface area contributed by atoms with Crippen molar-refractivity contribution < 1.29 is 40.2 Å². The maximum absolute atomic E-state index is 13.7. The van der Waals surface area contributed by atoms with Crippen LogP contribution in [-0.2, 0) is 20.5 Å². The molecule has 1 unspecified atom stereocenters. The molecule has 0 aliphatic heterocycles. The second-order valence-corrected chi connectivity index (χ2v) is 8.48. The summed E-state index contributed by atoms with van der Waals surface area (Å²) in [7, 11) is -3.64. The highest BCUT2D eigenvalue weighted by atomic mass is 32.2. The van der Waals surface area contributed by atoms with Crippen molar-refractivity contribution in [2.45, 2.75) is 25.5 Å². The van der Waals surface area contributed by atoms with Crippen molar-refractivity contribution in [2.75, 3.05) is 12.9 Å². The number of aromatic nitrogens is 2. The number of nitrogens with zero attached hydrogens (tertiary/aromatic N) is 2. The van der Waals surface area contributed by atoms with E-state index in [-0.39, 0.29) is 5.75 Å². The first-order valence-corrected chi connectivity index (χ1v) is 10.9. The Hall–Kier alpha value is -3.06. The quantitative estimate of drug-likeness (QED) is 0.524. The summed E-state index contributed by atoms with van der Waals surface area (Å²) in [4.78, 5) is 19.8. The first kappa shape index (κ1) is 25.2. The lowest BCUT2D eigenvalue weighted by Gasteiger charge is -2.17. The van der Waals surface area contributed by atoms with Gasteiger partial charge in [0.05, 0.1) is 12.6 Å². The molecule has 2 rings (SSSR count). The van der Waals surface area contributed by atoms with E-state index in [4.69, 9.17) is 4.74 Å². The van der Waals surface area contributed by atoms with Crippen LogP contribution in [0.2, 0.25) is 0 Å². The van der Waals surface area contributed by atoms with Crippen LogP contribution in [0, 0.1) is 0 Å². The summed E-state index contributed by atoms with van der Waals surface area (Å²) < 4.78 is 84.4.